The molecule has 0 unspecified atom stereocenters. The van der Waals surface area contributed by atoms with Gasteiger partial charge >= 0.3 is 5.69 Å². The van der Waals surface area contributed by atoms with Crippen molar-refractivity contribution in [3.63, 3.8) is 0 Å². The van der Waals surface area contributed by atoms with E-state index in [9.17, 15) is 15.2 Å². The Kier molecular flexibility index (Phi) is 5.37. The summed E-state index contributed by atoms with van der Waals surface area (Å²) < 4.78 is 4.91. The second-order valence-corrected chi connectivity index (χ2v) is 5.00. The highest BCUT2D eigenvalue weighted by atomic mass is 35.5. The Balaban J connectivity index is 2.08. The predicted molar refractivity (Wildman–Crippen MR) is 87.2 cm³/mol. The molecule has 2 aromatic carbocycles. The fourth-order valence-corrected chi connectivity index (χ4v) is 1.97. The standard InChI is InChI=1S/C15H14ClN3O4/c1-23-14-7-11(6-13(15(14)20)19(21)22)9-18-17-8-10-2-4-12(16)5-3-10/h2-7,9,17,20H,8H2,1H3/b18-9-. The maximum Gasteiger partial charge on any atom is 0.315 e. The summed E-state index contributed by atoms with van der Waals surface area (Å²) in [6, 6.07) is 9.94. The van der Waals surface area contributed by atoms with Gasteiger partial charge in [0.15, 0.2) is 5.75 Å². The van der Waals surface area contributed by atoms with Crippen molar-refractivity contribution in [2.75, 3.05) is 7.11 Å². The average molecular weight is 336 g/mol. The van der Waals surface area contributed by atoms with Crippen LogP contribution in [0.25, 0.3) is 0 Å². The Bertz CT molecular complexity index is 732. The minimum Gasteiger partial charge on any atom is -0.500 e. The van der Waals surface area contributed by atoms with Crippen molar-refractivity contribution in [3.8, 4) is 11.5 Å². The van der Waals surface area contributed by atoms with E-state index in [0.717, 1.165) is 5.56 Å². The molecule has 0 aliphatic heterocycles. The van der Waals surface area contributed by atoms with E-state index < -0.39 is 16.4 Å². The van der Waals surface area contributed by atoms with E-state index in [1.54, 1.807) is 12.1 Å². The number of benzene rings is 2. The second-order valence-electron chi connectivity index (χ2n) is 4.57. The van der Waals surface area contributed by atoms with Gasteiger partial charge in [-0.2, -0.15) is 5.10 Å². The number of nitrogens with zero attached hydrogens (tertiary/aromatic N) is 2. The number of phenolic OH excluding ortho intramolecular Hbond substituents is 1. The monoisotopic (exact) mass is 335 g/mol. The first-order chi connectivity index (χ1) is 11.0. The number of halogens is 1. The molecule has 0 bridgehead atoms. The third-order valence-electron chi connectivity index (χ3n) is 3.00. The van der Waals surface area contributed by atoms with Gasteiger partial charge in [-0.25, -0.2) is 0 Å². The first-order valence-electron chi connectivity index (χ1n) is 6.57. The van der Waals surface area contributed by atoms with E-state index in [0.29, 0.717) is 17.1 Å². The quantitative estimate of drug-likeness (QED) is 0.480. The molecule has 2 N–H and O–H groups in total. The lowest BCUT2D eigenvalue weighted by molar-refractivity contribution is -0.386. The van der Waals surface area contributed by atoms with Crippen molar-refractivity contribution >= 4 is 23.5 Å². The Labute approximate surface area is 137 Å². The van der Waals surface area contributed by atoms with Gasteiger partial charge in [0.2, 0.25) is 5.75 Å². The third kappa shape index (κ3) is 4.33. The normalized spacial score (nSPS) is 10.7. The lowest BCUT2D eigenvalue weighted by atomic mass is 10.2. The average Bonchev–Trinajstić information content (AvgIpc) is 2.54. The number of hydrogen-bond acceptors (Lipinski definition) is 6. The Morgan fingerprint density at radius 3 is 2.70 bits per heavy atom. The number of phenols is 1. The van der Waals surface area contributed by atoms with E-state index in [1.807, 2.05) is 12.1 Å². The maximum atomic E-state index is 10.9. The van der Waals surface area contributed by atoms with Gasteiger partial charge in [-0.1, -0.05) is 23.7 Å². The Hall–Kier alpha value is -2.80. The van der Waals surface area contributed by atoms with E-state index >= 15 is 0 Å². The number of aromatic hydroxyl groups is 1. The van der Waals surface area contributed by atoms with Crippen molar-refractivity contribution in [2.45, 2.75) is 6.54 Å². The van der Waals surface area contributed by atoms with Gasteiger partial charge in [0.05, 0.1) is 24.8 Å². The second kappa shape index (κ2) is 7.46. The molecule has 120 valence electrons. The van der Waals surface area contributed by atoms with E-state index in [1.165, 1.54) is 25.5 Å². The first-order valence-corrected chi connectivity index (χ1v) is 6.95. The van der Waals surface area contributed by atoms with Crippen LogP contribution in [0.4, 0.5) is 5.69 Å². The smallest absolute Gasteiger partial charge is 0.315 e. The molecule has 2 rings (SSSR count). The Morgan fingerprint density at radius 1 is 1.39 bits per heavy atom. The number of hydrazone groups is 1. The topological polar surface area (TPSA) is 97.0 Å². The molecule has 23 heavy (non-hydrogen) atoms. The van der Waals surface area contributed by atoms with Gasteiger partial charge in [0.1, 0.15) is 0 Å². The molecule has 0 saturated carbocycles. The summed E-state index contributed by atoms with van der Waals surface area (Å²) in [5.74, 6) is -0.498. The van der Waals surface area contributed by atoms with E-state index in [4.69, 9.17) is 16.3 Å². The minimum atomic E-state index is -0.684. The molecule has 7 nitrogen and oxygen atoms in total. The first kappa shape index (κ1) is 16.6. The van der Waals surface area contributed by atoms with Gasteiger partial charge in [-0.3, -0.25) is 10.1 Å². The molecule has 0 spiro atoms. The van der Waals surface area contributed by atoms with Crippen LogP contribution in [0.2, 0.25) is 5.02 Å². The van der Waals surface area contributed by atoms with Crippen LogP contribution in [0.3, 0.4) is 0 Å². The lowest BCUT2D eigenvalue weighted by Gasteiger charge is -2.05. The number of methoxy groups -OCH3 is 1. The van der Waals surface area contributed by atoms with Crippen LogP contribution < -0.4 is 10.2 Å². The van der Waals surface area contributed by atoms with Gasteiger partial charge in [0, 0.05) is 16.7 Å². The lowest BCUT2D eigenvalue weighted by Crippen LogP contribution is -2.05. The summed E-state index contributed by atoms with van der Waals surface area (Å²) >= 11 is 5.80. The summed E-state index contributed by atoms with van der Waals surface area (Å²) in [5.41, 5.74) is 3.80. The summed E-state index contributed by atoms with van der Waals surface area (Å²) in [5, 5.41) is 25.2. The molecule has 2 aromatic rings. The van der Waals surface area contributed by atoms with Gasteiger partial charge in [0.25, 0.3) is 0 Å². The highest BCUT2D eigenvalue weighted by molar-refractivity contribution is 6.30. The molecule has 0 radical (unpaired) electrons. The number of nitro benzene ring substituents is 1. The predicted octanol–water partition coefficient (Wildman–Crippen LogP) is 3.09. The fraction of sp³-hybridized carbons (Fsp3) is 0.133. The minimum absolute atomic E-state index is 0.0124. The molecular formula is C15H14ClN3O4. The highest BCUT2D eigenvalue weighted by Gasteiger charge is 2.19. The highest BCUT2D eigenvalue weighted by Crippen LogP contribution is 2.36. The van der Waals surface area contributed by atoms with Crippen molar-refractivity contribution in [1.82, 2.24) is 5.43 Å². The number of nitrogens with one attached hydrogen (secondary N) is 1. The largest absolute Gasteiger partial charge is 0.500 e. The molecule has 0 amide bonds. The van der Waals surface area contributed by atoms with Crippen LogP contribution in [-0.2, 0) is 6.54 Å². The summed E-state index contributed by atoms with van der Waals surface area (Å²) in [7, 11) is 1.32. The van der Waals surface area contributed by atoms with E-state index in [-0.39, 0.29) is 5.75 Å². The third-order valence-corrected chi connectivity index (χ3v) is 3.25. The summed E-state index contributed by atoms with van der Waals surface area (Å²) in [6.45, 7) is 0.477. The zero-order valence-electron chi connectivity index (χ0n) is 12.2. The van der Waals surface area contributed by atoms with E-state index in [2.05, 4.69) is 10.5 Å². The van der Waals surface area contributed by atoms with Crippen LogP contribution in [-0.4, -0.2) is 23.4 Å². The molecule has 0 aliphatic carbocycles. The number of hydrogen-bond donors (Lipinski definition) is 2. The molecule has 8 heteroatoms. The zero-order chi connectivity index (χ0) is 16.8. The van der Waals surface area contributed by atoms with Gasteiger partial charge in [-0.15, -0.1) is 0 Å². The van der Waals surface area contributed by atoms with Crippen LogP contribution in [0.15, 0.2) is 41.5 Å². The number of ether oxygens (including phenoxy) is 1. The molecule has 0 atom stereocenters. The van der Waals surface area contributed by atoms with Crippen LogP contribution in [0.5, 0.6) is 11.5 Å². The molecule has 0 aliphatic rings. The summed E-state index contributed by atoms with van der Waals surface area (Å²) in [4.78, 5) is 10.2. The zero-order valence-corrected chi connectivity index (χ0v) is 12.9. The van der Waals surface area contributed by atoms with Crippen LogP contribution in [0, 0.1) is 10.1 Å². The van der Waals surface area contributed by atoms with Gasteiger partial charge in [-0.05, 0) is 23.8 Å². The van der Waals surface area contributed by atoms with Crippen molar-refractivity contribution in [1.29, 1.82) is 0 Å². The van der Waals surface area contributed by atoms with Crippen molar-refractivity contribution < 1.29 is 14.8 Å². The molecule has 0 aromatic heterocycles. The summed E-state index contributed by atoms with van der Waals surface area (Å²) in [6.07, 6.45) is 1.41. The molecule has 0 saturated heterocycles. The number of nitro groups is 1. The molecular weight excluding hydrogens is 322 g/mol. The van der Waals surface area contributed by atoms with Gasteiger partial charge < -0.3 is 15.3 Å². The van der Waals surface area contributed by atoms with Crippen molar-refractivity contribution in [3.05, 3.63) is 62.7 Å². The molecule has 0 heterocycles. The Morgan fingerprint density at radius 2 is 2.09 bits per heavy atom. The van der Waals surface area contributed by atoms with Crippen LogP contribution in [0.1, 0.15) is 11.1 Å². The number of rotatable bonds is 6. The SMILES string of the molecule is COc1cc(/C=N\NCc2ccc(Cl)cc2)cc([N+](=O)[O-])c1O. The fourth-order valence-electron chi connectivity index (χ4n) is 1.84. The van der Waals surface area contributed by atoms with Crippen molar-refractivity contribution in [2.24, 2.45) is 5.10 Å². The molecule has 0 fully saturated rings. The van der Waals surface area contributed by atoms with Crippen LogP contribution >= 0.6 is 11.6 Å². The maximum absolute atomic E-state index is 10.9.